The van der Waals surface area contributed by atoms with Crippen LogP contribution in [0.15, 0.2) is 42.5 Å². The van der Waals surface area contributed by atoms with E-state index in [9.17, 15) is 24.5 Å². The fourth-order valence-corrected chi connectivity index (χ4v) is 3.38. The number of hydrogen-bond acceptors (Lipinski definition) is 7. The van der Waals surface area contributed by atoms with Crippen molar-refractivity contribution in [3.63, 3.8) is 0 Å². The number of nitrogens with zero attached hydrogens (tertiary/aromatic N) is 2. The fraction of sp³-hybridized carbons (Fsp3) is 0.318. The summed E-state index contributed by atoms with van der Waals surface area (Å²) in [6, 6.07) is 9.74. The third kappa shape index (κ3) is 5.88. The number of benzene rings is 2. The molecule has 2 amide bonds. The zero-order chi connectivity index (χ0) is 23.1. The van der Waals surface area contributed by atoms with E-state index in [-0.39, 0.29) is 36.0 Å². The summed E-state index contributed by atoms with van der Waals surface area (Å²) in [6.45, 7) is 3.81. The lowest BCUT2D eigenvalue weighted by Gasteiger charge is -2.16. The van der Waals surface area contributed by atoms with Gasteiger partial charge >= 0.3 is 5.97 Å². The minimum Gasteiger partial charge on any atom is -0.462 e. The van der Waals surface area contributed by atoms with Gasteiger partial charge in [-0.25, -0.2) is 4.79 Å². The molecule has 1 fully saturated rings. The Bertz CT molecular complexity index is 1020. The van der Waals surface area contributed by atoms with Gasteiger partial charge in [-0.3, -0.25) is 24.6 Å². The third-order valence-corrected chi connectivity index (χ3v) is 4.95. The van der Waals surface area contributed by atoms with E-state index in [4.69, 9.17) is 4.74 Å². The predicted octanol–water partition coefficient (Wildman–Crippen LogP) is 3.06. The van der Waals surface area contributed by atoms with Crippen molar-refractivity contribution in [2.24, 2.45) is 0 Å². The molecule has 168 valence electrons. The van der Waals surface area contributed by atoms with Crippen molar-refractivity contribution >= 4 is 34.8 Å². The molecule has 3 rings (SSSR count). The topological polar surface area (TPSA) is 131 Å². The van der Waals surface area contributed by atoms with Crippen LogP contribution in [0.4, 0.5) is 17.1 Å². The second-order valence-corrected chi connectivity index (χ2v) is 7.27. The van der Waals surface area contributed by atoms with E-state index >= 15 is 0 Å². The van der Waals surface area contributed by atoms with E-state index in [1.54, 1.807) is 6.92 Å². The van der Waals surface area contributed by atoms with Gasteiger partial charge in [-0.15, -0.1) is 0 Å². The summed E-state index contributed by atoms with van der Waals surface area (Å²) in [5.74, 6) is -1.41. The van der Waals surface area contributed by atoms with Gasteiger partial charge in [0, 0.05) is 17.8 Å². The number of anilines is 2. The molecular formula is C22H24N4O6. The molecule has 2 N–H and O–H groups in total. The van der Waals surface area contributed by atoms with Crippen LogP contribution in [0.2, 0.25) is 0 Å². The normalized spacial score (nSPS) is 13.4. The van der Waals surface area contributed by atoms with Gasteiger partial charge in [0.1, 0.15) is 0 Å². The second kappa shape index (κ2) is 10.5. The molecule has 1 aliphatic heterocycles. The summed E-state index contributed by atoms with van der Waals surface area (Å²) in [5.41, 5.74) is 0.577. The first-order chi connectivity index (χ1) is 15.4. The van der Waals surface area contributed by atoms with Crippen LogP contribution in [-0.4, -0.2) is 53.8 Å². The highest BCUT2D eigenvalue weighted by Crippen LogP contribution is 2.24. The van der Waals surface area contributed by atoms with Crippen LogP contribution in [0.3, 0.4) is 0 Å². The Hall–Kier alpha value is -3.79. The van der Waals surface area contributed by atoms with Crippen molar-refractivity contribution < 1.29 is 24.0 Å². The van der Waals surface area contributed by atoms with E-state index in [0.29, 0.717) is 11.3 Å². The highest BCUT2D eigenvalue weighted by atomic mass is 16.6. The molecule has 0 aliphatic carbocycles. The van der Waals surface area contributed by atoms with Crippen molar-refractivity contribution in [1.29, 1.82) is 0 Å². The third-order valence-electron chi connectivity index (χ3n) is 4.95. The molecule has 32 heavy (non-hydrogen) atoms. The molecule has 10 heteroatoms. The number of nitro groups is 1. The van der Waals surface area contributed by atoms with Crippen LogP contribution in [0, 0.1) is 10.1 Å². The molecule has 0 atom stereocenters. The van der Waals surface area contributed by atoms with Gasteiger partial charge in [-0.05, 0) is 63.2 Å². The molecule has 2 aromatic carbocycles. The fourth-order valence-electron chi connectivity index (χ4n) is 3.38. The molecular weight excluding hydrogens is 416 g/mol. The van der Waals surface area contributed by atoms with Crippen LogP contribution in [-0.2, 0) is 9.53 Å². The lowest BCUT2D eigenvalue weighted by molar-refractivity contribution is -0.384. The Labute approximate surface area is 184 Å². The molecule has 2 aromatic rings. The molecule has 1 heterocycles. The molecule has 10 nitrogen and oxygen atoms in total. The highest BCUT2D eigenvalue weighted by molar-refractivity contribution is 6.10. The minimum absolute atomic E-state index is 0.0385. The molecule has 0 aromatic heterocycles. The molecule has 0 bridgehead atoms. The number of ether oxygens (including phenoxy) is 1. The average Bonchev–Trinajstić information content (AvgIpc) is 3.27. The van der Waals surface area contributed by atoms with Crippen molar-refractivity contribution in [2.75, 3.05) is 36.9 Å². The second-order valence-electron chi connectivity index (χ2n) is 7.27. The van der Waals surface area contributed by atoms with E-state index in [1.165, 1.54) is 36.4 Å². The predicted molar refractivity (Wildman–Crippen MR) is 118 cm³/mol. The van der Waals surface area contributed by atoms with E-state index < -0.39 is 16.8 Å². The quantitative estimate of drug-likeness (QED) is 0.366. The zero-order valence-corrected chi connectivity index (χ0v) is 17.6. The molecule has 0 radical (unpaired) electrons. The van der Waals surface area contributed by atoms with E-state index in [0.717, 1.165) is 32.0 Å². The van der Waals surface area contributed by atoms with Crippen molar-refractivity contribution in [1.82, 2.24) is 4.90 Å². The van der Waals surface area contributed by atoms with E-state index in [1.807, 2.05) is 4.90 Å². The van der Waals surface area contributed by atoms with Gasteiger partial charge in [0.15, 0.2) is 0 Å². The smallest absolute Gasteiger partial charge is 0.338 e. The Kier molecular flexibility index (Phi) is 7.50. The van der Waals surface area contributed by atoms with Crippen LogP contribution in [0.25, 0.3) is 0 Å². The molecule has 0 unspecified atom stereocenters. The lowest BCUT2D eigenvalue weighted by Crippen LogP contribution is -2.31. The Morgan fingerprint density at radius 2 is 1.75 bits per heavy atom. The Balaban J connectivity index is 1.76. The number of carbonyl (C=O) groups excluding carboxylic acids is 3. The standard InChI is InChI=1S/C22H24N4O6/c1-2-32-22(29)15-5-7-16(8-6-15)23-21(28)18-13-17(26(30)31)9-10-19(18)24-20(27)14-25-11-3-4-12-25/h5-10,13H,2-4,11-12,14H2,1H3,(H,23,28)(H,24,27). The molecule has 1 saturated heterocycles. The molecule has 0 saturated carbocycles. The summed E-state index contributed by atoms with van der Waals surface area (Å²) in [6.07, 6.45) is 2.07. The summed E-state index contributed by atoms with van der Waals surface area (Å²) in [5, 5.41) is 16.5. The van der Waals surface area contributed by atoms with Crippen LogP contribution in [0.5, 0.6) is 0 Å². The van der Waals surface area contributed by atoms with Crippen molar-refractivity contribution in [3.05, 3.63) is 63.7 Å². The van der Waals surface area contributed by atoms with Gasteiger partial charge in [0.05, 0.1) is 34.9 Å². The lowest BCUT2D eigenvalue weighted by atomic mass is 10.1. The largest absolute Gasteiger partial charge is 0.462 e. The number of nitrogens with one attached hydrogen (secondary N) is 2. The van der Waals surface area contributed by atoms with Gasteiger partial charge in [0.2, 0.25) is 5.91 Å². The summed E-state index contributed by atoms with van der Waals surface area (Å²) in [7, 11) is 0. The Morgan fingerprint density at radius 3 is 2.38 bits per heavy atom. The maximum Gasteiger partial charge on any atom is 0.338 e. The average molecular weight is 440 g/mol. The highest BCUT2D eigenvalue weighted by Gasteiger charge is 2.20. The monoisotopic (exact) mass is 440 g/mol. The van der Waals surface area contributed by atoms with Gasteiger partial charge in [-0.1, -0.05) is 0 Å². The number of rotatable bonds is 8. The first-order valence-electron chi connectivity index (χ1n) is 10.3. The van der Waals surface area contributed by atoms with Gasteiger partial charge < -0.3 is 15.4 Å². The first-order valence-corrected chi connectivity index (χ1v) is 10.3. The van der Waals surface area contributed by atoms with E-state index in [2.05, 4.69) is 10.6 Å². The first kappa shape index (κ1) is 22.9. The number of amides is 2. The molecule has 0 spiro atoms. The van der Waals surface area contributed by atoms with Crippen LogP contribution in [0.1, 0.15) is 40.5 Å². The summed E-state index contributed by atoms with van der Waals surface area (Å²) >= 11 is 0. The Morgan fingerprint density at radius 1 is 1.06 bits per heavy atom. The SMILES string of the molecule is CCOC(=O)c1ccc(NC(=O)c2cc([N+](=O)[O-])ccc2NC(=O)CN2CCCC2)cc1. The molecule has 1 aliphatic rings. The number of likely N-dealkylation sites (tertiary alicyclic amines) is 1. The maximum absolute atomic E-state index is 12.9. The maximum atomic E-state index is 12.9. The van der Waals surface area contributed by atoms with Crippen molar-refractivity contribution in [2.45, 2.75) is 19.8 Å². The number of esters is 1. The number of hydrogen-bond donors (Lipinski definition) is 2. The summed E-state index contributed by atoms with van der Waals surface area (Å²) < 4.78 is 4.92. The number of nitro benzene ring substituents is 1. The minimum atomic E-state index is -0.631. The zero-order valence-electron chi connectivity index (χ0n) is 17.6. The van der Waals surface area contributed by atoms with Crippen LogP contribution < -0.4 is 10.6 Å². The number of carbonyl (C=O) groups is 3. The van der Waals surface area contributed by atoms with Crippen LogP contribution >= 0.6 is 0 Å². The number of non-ortho nitro benzene ring substituents is 1. The summed E-state index contributed by atoms with van der Waals surface area (Å²) in [4.78, 5) is 49.6. The van der Waals surface area contributed by atoms with Gasteiger partial charge in [0.25, 0.3) is 11.6 Å². The van der Waals surface area contributed by atoms with Gasteiger partial charge in [-0.2, -0.15) is 0 Å². The van der Waals surface area contributed by atoms with Crippen molar-refractivity contribution in [3.8, 4) is 0 Å².